The Balaban J connectivity index is 1.23. The number of aliphatic hydroxyl groups is 1. The van der Waals surface area contributed by atoms with E-state index >= 15 is 0 Å². The van der Waals surface area contributed by atoms with Gasteiger partial charge in [0.1, 0.15) is 12.3 Å². The molecule has 4 fully saturated rings. The Bertz CT molecular complexity index is 1190. The van der Waals surface area contributed by atoms with Gasteiger partial charge in [0.2, 0.25) is 0 Å². The zero-order valence-corrected chi connectivity index (χ0v) is 23.6. The maximum absolute atomic E-state index is 13.9. The van der Waals surface area contributed by atoms with E-state index in [2.05, 4.69) is 17.2 Å². The monoisotopic (exact) mass is 523 g/mol. The molecule has 8 atom stereocenters. The Labute approximate surface area is 226 Å². The molecule has 1 heterocycles. The zero-order chi connectivity index (χ0) is 26.7. The predicted octanol–water partition coefficient (Wildman–Crippen LogP) is 5.44. The van der Waals surface area contributed by atoms with Crippen molar-refractivity contribution < 1.29 is 19.4 Å². The topological polar surface area (TPSA) is 86.5 Å². The lowest BCUT2D eigenvalue weighted by molar-refractivity contribution is -0.163. The summed E-state index contributed by atoms with van der Waals surface area (Å²) in [5.74, 6) is 3.63. The van der Waals surface area contributed by atoms with Crippen LogP contribution in [0.5, 0.6) is 5.75 Å². The fraction of sp³-hybridized carbons (Fsp3) is 0.774. The average molecular weight is 524 g/mol. The maximum Gasteiger partial charge on any atom is 0.157 e. The van der Waals surface area contributed by atoms with Gasteiger partial charge < -0.3 is 14.6 Å². The first-order valence-electron chi connectivity index (χ1n) is 14.8. The molecule has 1 N–H and O–H groups in total. The van der Waals surface area contributed by atoms with Gasteiger partial charge in [0.25, 0.3) is 0 Å². The van der Waals surface area contributed by atoms with Crippen LogP contribution in [-0.4, -0.2) is 52.3 Å². The molecule has 4 saturated carbocycles. The number of carbonyl (C=O) groups is 1. The molecule has 7 heteroatoms. The number of nitrogens with zero attached hydrogens (tertiary/aromatic N) is 3. The van der Waals surface area contributed by atoms with Crippen molar-refractivity contribution in [2.75, 3.05) is 20.8 Å². The second-order valence-corrected chi connectivity index (χ2v) is 13.5. The summed E-state index contributed by atoms with van der Waals surface area (Å²) >= 11 is 0. The predicted molar refractivity (Wildman–Crippen MR) is 146 cm³/mol. The Kier molecular flexibility index (Phi) is 6.62. The number of benzene rings is 1. The van der Waals surface area contributed by atoms with Crippen molar-refractivity contribution in [3.63, 3.8) is 0 Å². The number of Topliss-reactive ketones (excluding diaryl/α,β-unsaturated/α-hetero) is 1. The van der Waals surface area contributed by atoms with E-state index in [1.54, 1.807) is 11.8 Å². The molecule has 4 aliphatic carbocycles. The van der Waals surface area contributed by atoms with Crippen LogP contribution in [0.15, 0.2) is 18.2 Å². The van der Waals surface area contributed by atoms with Gasteiger partial charge in [0, 0.05) is 19.6 Å². The summed E-state index contributed by atoms with van der Waals surface area (Å²) in [4.78, 5) is 13.9. The van der Waals surface area contributed by atoms with Gasteiger partial charge in [-0.3, -0.25) is 4.79 Å². The van der Waals surface area contributed by atoms with Gasteiger partial charge in [-0.1, -0.05) is 18.2 Å². The van der Waals surface area contributed by atoms with Gasteiger partial charge in [-0.05, 0) is 118 Å². The lowest BCUT2D eigenvalue weighted by Gasteiger charge is -2.63. The number of ketones is 1. The second-order valence-electron chi connectivity index (χ2n) is 13.5. The normalized spacial score (nSPS) is 40.4. The third-order valence-electron chi connectivity index (χ3n) is 11.8. The van der Waals surface area contributed by atoms with Crippen LogP contribution in [0.3, 0.4) is 0 Å². The highest BCUT2D eigenvalue weighted by Crippen LogP contribution is 2.69. The Hall–Kier alpha value is -1.99. The number of hydrogen-bond acceptors (Lipinski definition) is 6. The molecular weight excluding hydrogens is 478 g/mol. The molecule has 6 rings (SSSR count). The third kappa shape index (κ3) is 4.02. The summed E-state index contributed by atoms with van der Waals surface area (Å²) < 4.78 is 12.8. The Morgan fingerprint density at radius 2 is 1.92 bits per heavy atom. The lowest BCUT2D eigenvalue weighted by Crippen LogP contribution is -2.57. The molecule has 0 bridgehead atoms. The van der Waals surface area contributed by atoms with E-state index in [1.807, 2.05) is 32.2 Å². The summed E-state index contributed by atoms with van der Waals surface area (Å²) in [5, 5.41) is 19.6. The third-order valence-corrected chi connectivity index (χ3v) is 11.8. The zero-order valence-electron chi connectivity index (χ0n) is 23.6. The molecule has 2 aromatic rings. The van der Waals surface area contributed by atoms with Gasteiger partial charge >= 0.3 is 0 Å². The van der Waals surface area contributed by atoms with Crippen LogP contribution in [0, 0.1) is 40.4 Å². The number of aromatic nitrogens is 3. The van der Waals surface area contributed by atoms with E-state index in [4.69, 9.17) is 9.47 Å². The van der Waals surface area contributed by atoms with Crippen molar-refractivity contribution in [1.29, 1.82) is 0 Å². The average Bonchev–Trinajstić information content (AvgIpc) is 3.47. The second kappa shape index (κ2) is 9.58. The number of hydrogen-bond donors (Lipinski definition) is 1. The number of rotatable bonds is 7. The SMILES string of the molecule is COCC[C@]12CC[C@@](C)(O)C[C@@H]1CC[C@H]1[C@@H]3CC[C@H](C(=O)Cn4nnc5c(OC)cccc54)[C@@]3(C)CC[C@@H]12. The standard InChI is InChI=1S/C31H45N3O4/c1-29(36)14-15-31(16-17-37-3)20(18-29)8-9-21-22-10-11-24(30(22,2)13-12-23(21)31)26(35)19-34-25-6-5-7-27(38-4)28(25)32-33-34/h5-7,20-24,36H,8-19H2,1-4H3/t20-,21-,22-,23-,24+,29+,30-,31+/m0/s1. The number of methoxy groups -OCH3 is 2. The minimum Gasteiger partial charge on any atom is -0.494 e. The molecule has 0 spiro atoms. The number of ether oxygens (including phenoxy) is 2. The van der Waals surface area contributed by atoms with Crippen LogP contribution < -0.4 is 4.74 Å². The Morgan fingerprint density at radius 1 is 1.08 bits per heavy atom. The largest absolute Gasteiger partial charge is 0.494 e. The molecule has 0 saturated heterocycles. The number of carbonyl (C=O) groups excluding carboxylic acids is 1. The first-order valence-corrected chi connectivity index (χ1v) is 14.8. The summed E-state index contributed by atoms with van der Waals surface area (Å²) in [7, 11) is 3.46. The van der Waals surface area contributed by atoms with Crippen molar-refractivity contribution >= 4 is 16.8 Å². The highest BCUT2D eigenvalue weighted by Gasteiger charge is 2.62. The minimum atomic E-state index is -0.530. The Morgan fingerprint density at radius 3 is 2.71 bits per heavy atom. The fourth-order valence-electron chi connectivity index (χ4n) is 10.1. The van der Waals surface area contributed by atoms with Crippen LogP contribution in [0.25, 0.3) is 11.0 Å². The highest BCUT2D eigenvalue weighted by atomic mass is 16.5. The van der Waals surface area contributed by atoms with Crippen LogP contribution in [0.2, 0.25) is 0 Å². The van der Waals surface area contributed by atoms with Crippen LogP contribution in [0.4, 0.5) is 0 Å². The molecule has 0 amide bonds. The molecule has 208 valence electrons. The van der Waals surface area contributed by atoms with Gasteiger partial charge in [-0.15, -0.1) is 5.10 Å². The highest BCUT2D eigenvalue weighted by molar-refractivity contribution is 5.85. The molecule has 0 aliphatic heterocycles. The quantitative estimate of drug-likeness (QED) is 0.520. The smallest absolute Gasteiger partial charge is 0.157 e. The van der Waals surface area contributed by atoms with Gasteiger partial charge in [-0.25, -0.2) is 4.68 Å². The summed E-state index contributed by atoms with van der Waals surface area (Å²) in [6.07, 6.45) is 11.0. The van der Waals surface area contributed by atoms with E-state index in [9.17, 15) is 9.90 Å². The van der Waals surface area contributed by atoms with Gasteiger partial charge in [0.15, 0.2) is 11.3 Å². The fourth-order valence-corrected chi connectivity index (χ4v) is 10.1. The van der Waals surface area contributed by atoms with Crippen LogP contribution in [-0.2, 0) is 16.1 Å². The van der Waals surface area contributed by atoms with Crippen LogP contribution in [0.1, 0.15) is 78.1 Å². The molecule has 1 aromatic heterocycles. The van der Waals surface area contributed by atoms with Crippen molar-refractivity contribution in [2.45, 2.75) is 90.2 Å². The molecule has 0 unspecified atom stereocenters. The number of fused-ring (bicyclic) bond motifs is 6. The summed E-state index contributed by atoms with van der Waals surface area (Å²) in [6, 6.07) is 5.78. The van der Waals surface area contributed by atoms with E-state index in [-0.39, 0.29) is 23.3 Å². The van der Waals surface area contributed by atoms with Crippen molar-refractivity contribution in [3.8, 4) is 5.75 Å². The minimum absolute atomic E-state index is 0.0573. The van der Waals surface area contributed by atoms with E-state index in [1.165, 1.54) is 19.3 Å². The summed E-state index contributed by atoms with van der Waals surface area (Å²) in [5.41, 5.74) is 1.37. The summed E-state index contributed by atoms with van der Waals surface area (Å²) in [6.45, 7) is 5.55. The van der Waals surface area contributed by atoms with Gasteiger partial charge in [-0.2, -0.15) is 0 Å². The maximum atomic E-state index is 13.9. The van der Waals surface area contributed by atoms with Gasteiger partial charge in [0.05, 0.1) is 18.2 Å². The van der Waals surface area contributed by atoms with E-state index in [0.29, 0.717) is 40.7 Å². The van der Waals surface area contributed by atoms with E-state index < -0.39 is 5.60 Å². The van der Waals surface area contributed by atoms with Crippen molar-refractivity contribution in [2.24, 2.45) is 40.4 Å². The molecule has 1 aromatic carbocycles. The van der Waals surface area contributed by atoms with Crippen molar-refractivity contribution in [1.82, 2.24) is 15.0 Å². The molecule has 7 nitrogen and oxygen atoms in total. The molecule has 0 radical (unpaired) electrons. The lowest BCUT2D eigenvalue weighted by atomic mass is 9.42. The van der Waals surface area contributed by atoms with Crippen LogP contribution >= 0.6 is 0 Å². The molecular formula is C31H45N3O4. The molecule has 4 aliphatic rings. The first-order chi connectivity index (χ1) is 18.2. The first kappa shape index (κ1) is 26.2. The van der Waals surface area contributed by atoms with Crippen molar-refractivity contribution in [3.05, 3.63) is 18.2 Å². The molecule has 38 heavy (non-hydrogen) atoms. The van der Waals surface area contributed by atoms with E-state index in [0.717, 1.165) is 57.1 Å².